The number of aryl methyl sites for hydroxylation is 1. The number of rotatable bonds is 4. The predicted molar refractivity (Wildman–Crippen MR) is 93.9 cm³/mol. The topological polar surface area (TPSA) is 83.8 Å². The summed E-state index contributed by atoms with van der Waals surface area (Å²) in [6.07, 6.45) is -13.2. The maximum atomic E-state index is 12.8. The van der Waals surface area contributed by atoms with E-state index in [4.69, 9.17) is 0 Å². The Kier molecular flexibility index (Phi) is 5.39. The maximum Gasteiger partial charge on any atom is 0.416 e. The molecule has 30 heavy (non-hydrogen) atoms. The van der Waals surface area contributed by atoms with Crippen LogP contribution in [0.2, 0.25) is 0 Å². The first-order valence-electron chi connectivity index (χ1n) is 8.69. The number of benzene rings is 1. The van der Waals surface area contributed by atoms with Crippen LogP contribution in [0, 0.1) is 6.92 Å². The van der Waals surface area contributed by atoms with Gasteiger partial charge in [-0.05, 0) is 31.5 Å². The van der Waals surface area contributed by atoms with Crippen LogP contribution in [-0.4, -0.2) is 37.1 Å². The quantitative estimate of drug-likeness (QED) is 0.616. The second kappa shape index (κ2) is 7.42. The number of aromatic amines is 1. The molecule has 0 saturated heterocycles. The number of aromatic nitrogens is 4. The van der Waals surface area contributed by atoms with Gasteiger partial charge in [0.1, 0.15) is 11.2 Å². The van der Waals surface area contributed by atoms with Crippen LogP contribution in [0.4, 0.5) is 26.3 Å². The van der Waals surface area contributed by atoms with E-state index in [9.17, 15) is 36.2 Å². The molecule has 1 aromatic carbocycles. The van der Waals surface area contributed by atoms with Crippen molar-refractivity contribution in [3.05, 3.63) is 57.3 Å². The van der Waals surface area contributed by atoms with Gasteiger partial charge in [0.2, 0.25) is 0 Å². The van der Waals surface area contributed by atoms with Gasteiger partial charge in [-0.1, -0.05) is 12.1 Å². The average molecular weight is 434 g/mol. The summed E-state index contributed by atoms with van der Waals surface area (Å²) in [5.41, 5.74) is -1.57. The molecule has 2 atom stereocenters. The van der Waals surface area contributed by atoms with Crippen molar-refractivity contribution in [2.24, 2.45) is 0 Å². The van der Waals surface area contributed by atoms with Gasteiger partial charge >= 0.3 is 12.4 Å². The standard InChI is InChI=1S/C18H16F6N4O2/c1-8(10-3-5-11(6-4-10)17(19,20)21)28-15-14(16(30)26-9(2)25-15)12(27-28)7-13(29)18(22,23)24/h3-6,8,13,29H,7H2,1-2H3,(H,25,26,30)/t8-,13-/m1/s1. The normalized spacial score (nSPS) is 14.8. The molecule has 0 aliphatic carbocycles. The Morgan fingerprint density at radius 2 is 1.73 bits per heavy atom. The van der Waals surface area contributed by atoms with E-state index in [2.05, 4.69) is 15.1 Å². The highest BCUT2D eigenvalue weighted by atomic mass is 19.4. The smallest absolute Gasteiger partial charge is 0.383 e. The largest absolute Gasteiger partial charge is 0.416 e. The molecular weight excluding hydrogens is 418 g/mol. The first-order valence-corrected chi connectivity index (χ1v) is 8.69. The minimum absolute atomic E-state index is 0.0342. The van der Waals surface area contributed by atoms with Crippen LogP contribution in [0.15, 0.2) is 29.1 Å². The van der Waals surface area contributed by atoms with Gasteiger partial charge in [-0.3, -0.25) is 4.79 Å². The van der Waals surface area contributed by atoms with Crippen molar-refractivity contribution in [3.63, 3.8) is 0 Å². The summed E-state index contributed by atoms with van der Waals surface area (Å²) in [5, 5.41) is 13.2. The third-order valence-electron chi connectivity index (χ3n) is 4.60. The molecule has 0 radical (unpaired) electrons. The van der Waals surface area contributed by atoms with Crippen molar-refractivity contribution in [3.8, 4) is 0 Å². The minimum atomic E-state index is -4.92. The molecule has 6 nitrogen and oxygen atoms in total. The zero-order chi connectivity index (χ0) is 22.4. The van der Waals surface area contributed by atoms with Crippen LogP contribution in [0.3, 0.4) is 0 Å². The molecule has 0 bridgehead atoms. The highest BCUT2D eigenvalue weighted by Gasteiger charge is 2.39. The molecule has 3 rings (SSSR count). The van der Waals surface area contributed by atoms with Crippen molar-refractivity contribution in [2.75, 3.05) is 0 Å². The van der Waals surface area contributed by atoms with Gasteiger partial charge in [0.25, 0.3) is 5.56 Å². The van der Waals surface area contributed by atoms with Crippen LogP contribution in [-0.2, 0) is 12.6 Å². The Labute approximate surface area is 165 Å². The fourth-order valence-electron chi connectivity index (χ4n) is 3.03. The third-order valence-corrected chi connectivity index (χ3v) is 4.60. The number of aliphatic hydroxyl groups excluding tert-OH is 1. The molecule has 0 spiro atoms. The molecule has 3 aromatic rings. The van der Waals surface area contributed by atoms with Gasteiger partial charge in [-0.15, -0.1) is 0 Å². The first kappa shape index (κ1) is 21.8. The van der Waals surface area contributed by atoms with Gasteiger partial charge in [0.15, 0.2) is 11.8 Å². The second-order valence-corrected chi connectivity index (χ2v) is 6.80. The lowest BCUT2D eigenvalue weighted by molar-refractivity contribution is -0.203. The van der Waals surface area contributed by atoms with Gasteiger partial charge < -0.3 is 10.1 Å². The van der Waals surface area contributed by atoms with Crippen molar-refractivity contribution >= 4 is 11.0 Å². The number of hydrogen-bond acceptors (Lipinski definition) is 4. The van der Waals surface area contributed by atoms with E-state index in [1.807, 2.05) is 0 Å². The van der Waals surface area contributed by atoms with Gasteiger partial charge in [-0.2, -0.15) is 31.4 Å². The molecule has 2 aromatic heterocycles. The van der Waals surface area contributed by atoms with Crippen molar-refractivity contribution < 1.29 is 31.4 Å². The van der Waals surface area contributed by atoms with E-state index < -0.39 is 42.0 Å². The van der Waals surface area contributed by atoms with Crippen LogP contribution in [0.1, 0.15) is 35.6 Å². The Balaban J connectivity index is 2.10. The number of hydrogen-bond donors (Lipinski definition) is 2. The zero-order valence-electron chi connectivity index (χ0n) is 15.6. The summed E-state index contributed by atoms with van der Waals surface area (Å²) in [6, 6.07) is 3.42. The molecule has 12 heteroatoms. The number of alkyl halides is 6. The molecule has 0 unspecified atom stereocenters. The summed E-state index contributed by atoms with van der Waals surface area (Å²) in [6.45, 7) is 3.02. The molecule has 0 saturated carbocycles. The maximum absolute atomic E-state index is 12.8. The highest BCUT2D eigenvalue weighted by Crippen LogP contribution is 2.31. The summed E-state index contributed by atoms with van der Waals surface area (Å²) in [7, 11) is 0. The molecule has 2 N–H and O–H groups in total. The monoisotopic (exact) mass is 434 g/mol. The minimum Gasteiger partial charge on any atom is -0.383 e. The Morgan fingerprint density at radius 3 is 2.27 bits per heavy atom. The number of halogens is 6. The summed E-state index contributed by atoms with van der Waals surface area (Å²) in [5.74, 6) is 0.177. The summed E-state index contributed by atoms with van der Waals surface area (Å²) >= 11 is 0. The molecule has 0 aliphatic heterocycles. The number of nitrogens with one attached hydrogen (secondary N) is 1. The number of aliphatic hydroxyl groups is 1. The van der Waals surface area contributed by atoms with Crippen LogP contribution >= 0.6 is 0 Å². The summed E-state index contributed by atoms with van der Waals surface area (Å²) in [4.78, 5) is 18.8. The molecule has 2 heterocycles. The Morgan fingerprint density at radius 1 is 1.13 bits per heavy atom. The van der Waals surface area contributed by atoms with Crippen molar-refractivity contribution in [1.29, 1.82) is 0 Å². The number of H-pyrrole nitrogens is 1. The van der Waals surface area contributed by atoms with E-state index >= 15 is 0 Å². The second-order valence-electron chi connectivity index (χ2n) is 6.80. The molecule has 0 amide bonds. The summed E-state index contributed by atoms with van der Waals surface area (Å²) < 4.78 is 77.9. The van der Waals surface area contributed by atoms with Crippen LogP contribution < -0.4 is 5.56 Å². The molecule has 162 valence electrons. The van der Waals surface area contributed by atoms with Crippen LogP contribution in [0.5, 0.6) is 0 Å². The third kappa shape index (κ3) is 4.18. The average Bonchev–Trinajstić information content (AvgIpc) is 2.98. The van der Waals surface area contributed by atoms with Gasteiger partial charge in [0.05, 0.1) is 17.3 Å². The fraction of sp³-hybridized carbons (Fsp3) is 0.389. The number of nitrogens with zero attached hydrogens (tertiary/aromatic N) is 3. The zero-order valence-corrected chi connectivity index (χ0v) is 15.6. The molecular formula is C18H16F6N4O2. The van der Waals surface area contributed by atoms with Crippen molar-refractivity contribution in [2.45, 2.75) is 44.8 Å². The van der Waals surface area contributed by atoms with Gasteiger partial charge in [0, 0.05) is 6.42 Å². The van der Waals surface area contributed by atoms with E-state index in [1.165, 1.54) is 23.7 Å². The molecule has 0 aliphatic rings. The Hall–Kier alpha value is -2.89. The fourth-order valence-corrected chi connectivity index (χ4v) is 3.03. The van der Waals surface area contributed by atoms with Crippen LogP contribution in [0.25, 0.3) is 11.0 Å². The first-order chi connectivity index (χ1) is 13.8. The van der Waals surface area contributed by atoms with Gasteiger partial charge in [-0.25, -0.2) is 9.67 Å². The SMILES string of the molecule is Cc1nc2c(c(C[C@@H](O)C(F)(F)F)nn2[C@H](C)c2ccc(C(F)(F)F)cc2)c(=O)[nH]1. The van der Waals surface area contributed by atoms with E-state index in [0.29, 0.717) is 5.56 Å². The van der Waals surface area contributed by atoms with E-state index in [-0.39, 0.29) is 22.6 Å². The number of fused-ring (bicyclic) bond motifs is 1. The lowest BCUT2D eigenvalue weighted by Gasteiger charge is -2.15. The van der Waals surface area contributed by atoms with E-state index in [0.717, 1.165) is 12.1 Å². The highest BCUT2D eigenvalue weighted by molar-refractivity contribution is 5.77. The van der Waals surface area contributed by atoms with Crippen molar-refractivity contribution in [1.82, 2.24) is 19.7 Å². The van der Waals surface area contributed by atoms with E-state index in [1.54, 1.807) is 6.92 Å². The lowest BCUT2D eigenvalue weighted by Crippen LogP contribution is -2.31. The predicted octanol–water partition coefficient (Wildman–Crippen LogP) is 3.52. The molecule has 0 fully saturated rings. The Bertz CT molecular complexity index is 1120. The lowest BCUT2D eigenvalue weighted by atomic mass is 10.1.